The highest BCUT2D eigenvalue weighted by atomic mass is 35.5. The van der Waals surface area contributed by atoms with Crippen molar-refractivity contribution in [2.24, 2.45) is 0 Å². The molecular formula is C11H5Cl3F3N. The molecule has 2 aromatic rings. The van der Waals surface area contributed by atoms with E-state index in [0.29, 0.717) is 5.39 Å². The molecule has 7 heteroatoms. The number of alkyl halides is 5. The number of para-hydroxylation sites is 1. The molecule has 2 rings (SSSR count). The van der Waals surface area contributed by atoms with Crippen LogP contribution in [0.1, 0.15) is 16.1 Å². The van der Waals surface area contributed by atoms with E-state index in [4.69, 9.17) is 34.8 Å². The van der Waals surface area contributed by atoms with Gasteiger partial charge in [-0.2, -0.15) is 13.2 Å². The van der Waals surface area contributed by atoms with Gasteiger partial charge in [0.1, 0.15) is 4.84 Å². The van der Waals surface area contributed by atoms with E-state index in [0.717, 1.165) is 0 Å². The molecule has 0 aliphatic heterocycles. The first-order chi connectivity index (χ1) is 8.32. The van der Waals surface area contributed by atoms with E-state index in [1.165, 1.54) is 6.07 Å². The van der Waals surface area contributed by atoms with Crippen LogP contribution < -0.4 is 0 Å². The third-order valence-corrected chi connectivity index (χ3v) is 3.19. The van der Waals surface area contributed by atoms with Crippen molar-refractivity contribution >= 4 is 45.7 Å². The van der Waals surface area contributed by atoms with Gasteiger partial charge in [0.25, 0.3) is 0 Å². The second kappa shape index (κ2) is 4.76. The van der Waals surface area contributed by atoms with Crippen LogP contribution in [0.2, 0.25) is 5.02 Å². The van der Waals surface area contributed by atoms with Gasteiger partial charge < -0.3 is 0 Å². The van der Waals surface area contributed by atoms with Gasteiger partial charge in [0.05, 0.1) is 10.5 Å². The Kier molecular flexibility index (Phi) is 3.63. The number of aromatic nitrogens is 1. The Bertz CT molecular complexity index is 596. The van der Waals surface area contributed by atoms with Crippen molar-refractivity contribution in [2.45, 2.75) is 11.0 Å². The zero-order valence-electron chi connectivity index (χ0n) is 8.60. The molecule has 0 aliphatic rings. The lowest BCUT2D eigenvalue weighted by Crippen LogP contribution is -2.13. The summed E-state index contributed by atoms with van der Waals surface area (Å²) in [6.07, 6.45) is -4.66. The topological polar surface area (TPSA) is 12.9 Å². The van der Waals surface area contributed by atoms with Crippen molar-refractivity contribution < 1.29 is 13.2 Å². The predicted molar refractivity (Wildman–Crippen MR) is 66.2 cm³/mol. The molecule has 0 saturated heterocycles. The summed E-state index contributed by atoms with van der Waals surface area (Å²) in [5.41, 5.74) is -1.42. The normalized spacial score (nSPS) is 12.4. The van der Waals surface area contributed by atoms with Crippen LogP contribution in [0.15, 0.2) is 24.3 Å². The van der Waals surface area contributed by atoms with Crippen LogP contribution in [0, 0.1) is 0 Å². The summed E-state index contributed by atoms with van der Waals surface area (Å²) in [5, 5.41) is 0.261. The quantitative estimate of drug-likeness (QED) is 0.644. The summed E-state index contributed by atoms with van der Waals surface area (Å²) in [4.78, 5) is 2.15. The van der Waals surface area contributed by atoms with Crippen LogP contribution in [-0.4, -0.2) is 4.98 Å². The van der Waals surface area contributed by atoms with Crippen LogP contribution in [0.4, 0.5) is 13.2 Å². The van der Waals surface area contributed by atoms with Crippen LogP contribution >= 0.6 is 34.8 Å². The van der Waals surface area contributed by atoms with E-state index in [-0.39, 0.29) is 10.5 Å². The SMILES string of the molecule is FC(F)(F)c1nc2ccccc2c(Cl)c1C(Cl)Cl. The van der Waals surface area contributed by atoms with Gasteiger partial charge in [-0.3, -0.25) is 0 Å². The molecule has 1 nitrogen and oxygen atoms in total. The number of rotatable bonds is 1. The average Bonchev–Trinajstić information content (AvgIpc) is 2.27. The van der Waals surface area contributed by atoms with Gasteiger partial charge in [0.2, 0.25) is 0 Å². The number of pyridine rings is 1. The smallest absolute Gasteiger partial charge is 0.243 e. The summed E-state index contributed by atoms with van der Waals surface area (Å²) in [5.74, 6) is 0. The fourth-order valence-corrected chi connectivity index (χ4v) is 2.50. The Hall–Kier alpha value is -0.710. The lowest BCUT2D eigenvalue weighted by atomic mass is 10.1. The number of hydrogen-bond donors (Lipinski definition) is 0. The molecular weight excluding hydrogens is 309 g/mol. The maximum atomic E-state index is 12.9. The summed E-state index contributed by atoms with van der Waals surface area (Å²) in [6, 6.07) is 6.22. The van der Waals surface area contributed by atoms with Gasteiger partial charge in [-0.1, -0.05) is 53.0 Å². The van der Waals surface area contributed by atoms with Crippen molar-refractivity contribution in [3.8, 4) is 0 Å². The van der Waals surface area contributed by atoms with Crippen molar-refractivity contribution in [3.63, 3.8) is 0 Å². The van der Waals surface area contributed by atoms with Crippen molar-refractivity contribution in [1.82, 2.24) is 4.98 Å². The standard InChI is InChI=1S/C11H5Cl3F3N/c12-8-5-3-1-2-4-6(5)18-9(11(15,16)17)7(8)10(13)14/h1-4,10H. The lowest BCUT2D eigenvalue weighted by molar-refractivity contribution is -0.141. The van der Waals surface area contributed by atoms with Crippen molar-refractivity contribution in [1.29, 1.82) is 0 Å². The Morgan fingerprint density at radius 2 is 1.72 bits per heavy atom. The van der Waals surface area contributed by atoms with Crippen LogP contribution in [0.25, 0.3) is 10.9 Å². The summed E-state index contributed by atoms with van der Waals surface area (Å²) >= 11 is 17.1. The molecule has 1 aromatic heterocycles. The zero-order valence-corrected chi connectivity index (χ0v) is 10.9. The Labute approximate surface area is 115 Å². The maximum Gasteiger partial charge on any atom is 0.433 e. The van der Waals surface area contributed by atoms with E-state index in [1.54, 1.807) is 18.2 Å². The van der Waals surface area contributed by atoms with E-state index in [1.807, 2.05) is 0 Å². The maximum absolute atomic E-state index is 12.9. The fourth-order valence-electron chi connectivity index (χ4n) is 1.60. The van der Waals surface area contributed by atoms with Crippen molar-refractivity contribution in [3.05, 3.63) is 40.5 Å². The third-order valence-electron chi connectivity index (χ3n) is 2.35. The Balaban J connectivity index is 2.88. The zero-order chi connectivity index (χ0) is 13.5. The number of halogens is 6. The highest BCUT2D eigenvalue weighted by molar-refractivity contribution is 6.46. The van der Waals surface area contributed by atoms with E-state index in [9.17, 15) is 13.2 Å². The second-order valence-electron chi connectivity index (χ2n) is 3.50. The molecule has 0 N–H and O–H groups in total. The summed E-state index contributed by atoms with van der Waals surface area (Å²) in [6.45, 7) is 0. The average molecular weight is 315 g/mol. The molecule has 0 unspecified atom stereocenters. The summed E-state index contributed by atoms with van der Waals surface area (Å²) < 4.78 is 38.6. The first kappa shape index (κ1) is 13.7. The molecule has 0 aliphatic carbocycles. The molecule has 0 radical (unpaired) electrons. The minimum absolute atomic E-state index is 0.122. The monoisotopic (exact) mass is 313 g/mol. The van der Waals surface area contributed by atoms with Crippen LogP contribution in [0.3, 0.4) is 0 Å². The molecule has 18 heavy (non-hydrogen) atoms. The van der Waals surface area contributed by atoms with Crippen molar-refractivity contribution in [2.75, 3.05) is 0 Å². The molecule has 0 spiro atoms. The molecule has 0 amide bonds. The van der Waals surface area contributed by atoms with E-state index < -0.39 is 22.3 Å². The van der Waals surface area contributed by atoms with Crippen LogP contribution in [-0.2, 0) is 6.18 Å². The van der Waals surface area contributed by atoms with Gasteiger partial charge in [0.15, 0.2) is 5.69 Å². The largest absolute Gasteiger partial charge is 0.433 e. The fraction of sp³-hybridized carbons (Fsp3) is 0.182. The molecule has 0 atom stereocenters. The number of benzene rings is 1. The van der Waals surface area contributed by atoms with Crippen LogP contribution in [0.5, 0.6) is 0 Å². The highest BCUT2D eigenvalue weighted by Crippen LogP contribution is 2.43. The molecule has 0 fully saturated rings. The molecule has 1 heterocycles. The number of hydrogen-bond acceptors (Lipinski definition) is 1. The first-order valence-corrected chi connectivity index (χ1v) is 6.01. The van der Waals surface area contributed by atoms with Gasteiger partial charge in [0, 0.05) is 10.9 Å². The molecule has 96 valence electrons. The van der Waals surface area contributed by atoms with Gasteiger partial charge in [-0.15, -0.1) is 0 Å². The number of fused-ring (bicyclic) bond motifs is 1. The highest BCUT2D eigenvalue weighted by Gasteiger charge is 2.38. The predicted octanol–water partition coefficient (Wildman–Crippen LogP) is 5.38. The molecule has 0 bridgehead atoms. The van der Waals surface area contributed by atoms with Gasteiger partial charge in [-0.05, 0) is 6.07 Å². The van der Waals surface area contributed by atoms with E-state index in [2.05, 4.69) is 4.98 Å². The Morgan fingerprint density at radius 1 is 1.11 bits per heavy atom. The third kappa shape index (κ3) is 2.37. The Morgan fingerprint density at radius 3 is 2.28 bits per heavy atom. The van der Waals surface area contributed by atoms with E-state index >= 15 is 0 Å². The number of nitrogens with zero attached hydrogens (tertiary/aromatic N) is 1. The van der Waals surface area contributed by atoms with Gasteiger partial charge in [-0.25, -0.2) is 4.98 Å². The summed E-state index contributed by atoms with van der Waals surface area (Å²) in [7, 11) is 0. The first-order valence-electron chi connectivity index (χ1n) is 4.76. The lowest BCUT2D eigenvalue weighted by Gasteiger charge is -2.15. The minimum atomic E-state index is -4.66. The van der Waals surface area contributed by atoms with Gasteiger partial charge >= 0.3 is 6.18 Å². The molecule has 0 saturated carbocycles. The second-order valence-corrected chi connectivity index (χ2v) is 4.98. The molecule has 1 aromatic carbocycles. The minimum Gasteiger partial charge on any atom is -0.243 e.